The van der Waals surface area contributed by atoms with Gasteiger partial charge in [-0.05, 0) is 50.8 Å². The van der Waals surface area contributed by atoms with Gasteiger partial charge < -0.3 is 0 Å². The quantitative estimate of drug-likeness (QED) is 0.508. The second-order valence-electron chi connectivity index (χ2n) is 5.50. The largest absolute Gasteiger partial charge is 0.296 e. The Morgan fingerprint density at radius 3 is 3.00 bits per heavy atom. The van der Waals surface area contributed by atoms with Crippen molar-refractivity contribution in [3.8, 4) is 0 Å². The Labute approximate surface area is 118 Å². The van der Waals surface area contributed by atoms with E-state index in [0.717, 1.165) is 19.0 Å². The second kappa shape index (κ2) is 6.03. The monoisotopic (exact) mass is 281 g/mol. The summed E-state index contributed by atoms with van der Waals surface area (Å²) in [4.78, 5) is 16.0. The van der Waals surface area contributed by atoms with Crippen LogP contribution in [0.4, 0.5) is 0 Å². The van der Waals surface area contributed by atoms with Crippen molar-refractivity contribution in [3.63, 3.8) is 0 Å². The lowest BCUT2D eigenvalue weighted by molar-refractivity contribution is 0.0957. The van der Waals surface area contributed by atoms with E-state index in [0.29, 0.717) is 10.9 Å². The van der Waals surface area contributed by atoms with Crippen molar-refractivity contribution in [2.45, 2.75) is 46.2 Å². The van der Waals surface area contributed by atoms with E-state index in [4.69, 9.17) is 5.84 Å². The number of carbonyl (C=O) groups is 1. The van der Waals surface area contributed by atoms with Crippen LogP contribution in [0.3, 0.4) is 0 Å². The fraction of sp³-hybridized carbons (Fsp3) is 0.643. The third kappa shape index (κ3) is 3.16. The number of aryl methyl sites for hydroxylation is 1. The number of nitrogens with zero attached hydrogens (tertiary/aromatic N) is 1. The van der Waals surface area contributed by atoms with E-state index in [1.165, 1.54) is 34.6 Å². The number of nitrogen functional groups attached to an aromatic ring is 1. The summed E-state index contributed by atoms with van der Waals surface area (Å²) in [5, 5.41) is 0. The Morgan fingerprint density at radius 2 is 2.32 bits per heavy atom. The molecule has 1 saturated heterocycles. The summed E-state index contributed by atoms with van der Waals surface area (Å²) >= 11 is 1.52. The molecule has 2 heterocycles. The molecular weight excluding hydrogens is 258 g/mol. The van der Waals surface area contributed by atoms with Crippen LogP contribution in [0.15, 0.2) is 6.07 Å². The maximum absolute atomic E-state index is 11.5. The summed E-state index contributed by atoms with van der Waals surface area (Å²) in [6.45, 7) is 8.79. The van der Waals surface area contributed by atoms with E-state index in [2.05, 4.69) is 31.1 Å². The summed E-state index contributed by atoms with van der Waals surface area (Å²) in [7, 11) is 0. The minimum absolute atomic E-state index is 0.195. The van der Waals surface area contributed by atoms with Gasteiger partial charge in [-0.25, -0.2) is 5.84 Å². The topological polar surface area (TPSA) is 58.4 Å². The smallest absolute Gasteiger partial charge is 0.275 e. The number of nitrogens with two attached hydrogens (primary N) is 1. The minimum atomic E-state index is -0.195. The van der Waals surface area contributed by atoms with Crippen molar-refractivity contribution in [1.29, 1.82) is 0 Å². The van der Waals surface area contributed by atoms with Gasteiger partial charge in [0.1, 0.15) is 0 Å². The molecule has 0 saturated carbocycles. The number of amides is 1. The van der Waals surface area contributed by atoms with E-state index in [9.17, 15) is 4.79 Å². The van der Waals surface area contributed by atoms with Crippen LogP contribution in [-0.4, -0.2) is 23.4 Å². The zero-order valence-corrected chi connectivity index (χ0v) is 12.7. The third-order valence-corrected chi connectivity index (χ3v) is 5.34. The molecule has 1 aromatic rings. The molecule has 2 unspecified atom stereocenters. The highest BCUT2D eigenvalue weighted by Gasteiger charge is 2.25. The van der Waals surface area contributed by atoms with Crippen LogP contribution in [-0.2, 0) is 6.54 Å². The summed E-state index contributed by atoms with van der Waals surface area (Å²) < 4.78 is 0. The van der Waals surface area contributed by atoms with Crippen molar-refractivity contribution >= 4 is 17.2 Å². The molecule has 0 spiro atoms. The Balaban J connectivity index is 2.10. The van der Waals surface area contributed by atoms with Gasteiger partial charge in [0, 0.05) is 17.5 Å². The lowest BCUT2D eigenvalue weighted by Crippen LogP contribution is -2.41. The van der Waals surface area contributed by atoms with Crippen molar-refractivity contribution in [2.75, 3.05) is 6.54 Å². The Bertz CT molecular complexity index is 458. The van der Waals surface area contributed by atoms with E-state index < -0.39 is 0 Å². The van der Waals surface area contributed by atoms with Crippen LogP contribution >= 0.6 is 11.3 Å². The molecule has 1 amide bonds. The lowest BCUT2D eigenvalue weighted by Gasteiger charge is -2.37. The van der Waals surface area contributed by atoms with Gasteiger partial charge in [0.05, 0.1) is 4.88 Å². The standard InChI is InChI=1S/C14H23N3OS/c1-9-5-4-6-17(10(9)2)8-12-7-13(14(18)16-15)19-11(12)3/h7,9-10H,4-6,8,15H2,1-3H3,(H,16,18). The number of thiophene rings is 1. The van der Waals surface area contributed by atoms with Crippen molar-refractivity contribution in [3.05, 3.63) is 21.4 Å². The average Bonchev–Trinajstić information content (AvgIpc) is 2.75. The SMILES string of the molecule is Cc1sc(C(=O)NN)cc1CN1CCCC(C)C1C. The van der Waals surface area contributed by atoms with Gasteiger partial charge in [0.25, 0.3) is 5.91 Å². The maximum Gasteiger partial charge on any atom is 0.275 e. The van der Waals surface area contributed by atoms with Gasteiger partial charge in [-0.2, -0.15) is 0 Å². The first-order chi connectivity index (χ1) is 9.02. The number of nitrogens with one attached hydrogen (secondary N) is 1. The van der Waals surface area contributed by atoms with Crippen molar-refractivity contribution in [2.24, 2.45) is 11.8 Å². The molecule has 0 aliphatic carbocycles. The highest BCUT2D eigenvalue weighted by molar-refractivity contribution is 7.14. The van der Waals surface area contributed by atoms with Gasteiger partial charge in [-0.1, -0.05) is 6.92 Å². The fourth-order valence-electron chi connectivity index (χ4n) is 2.72. The van der Waals surface area contributed by atoms with Crippen molar-refractivity contribution in [1.82, 2.24) is 10.3 Å². The normalized spacial score (nSPS) is 24.4. The molecule has 1 aromatic heterocycles. The molecule has 19 heavy (non-hydrogen) atoms. The molecule has 2 atom stereocenters. The van der Waals surface area contributed by atoms with E-state index in [1.54, 1.807) is 0 Å². The lowest BCUT2D eigenvalue weighted by atomic mass is 9.92. The average molecular weight is 281 g/mol. The Hall–Kier alpha value is -0.910. The number of hydrogen-bond acceptors (Lipinski definition) is 4. The number of hydrazine groups is 1. The molecule has 2 rings (SSSR count). The van der Waals surface area contributed by atoms with Crippen LogP contribution in [0.1, 0.15) is 46.8 Å². The van der Waals surface area contributed by atoms with Crippen molar-refractivity contribution < 1.29 is 4.79 Å². The first-order valence-corrected chi connectivity index (χ1v) is 7.69. The van der Waals surface area contributed by atoms with E-state index in [-0.39, 0.29) is 5.91 Å². The molecule has 106 valence electrons. The Kier molecular flexibility index (Phi) is 4.60. The van der Waals surface area contributed by atoms with Crippen LogP contribution in [0.25, 0.3) is 0 Å². The van der Waals surface area contributed by atoms with E-state index >= 15 is 0 Å². The summed E-state index contributed by atoms with van der Waals surface area (Å²) in [6.07, 6.45) is 2.59. The highest BCUT2D eigenvalue weighted by atomic mass is 32.1. The first-order valence-electron chi connectivity index (χ1n) is 6.87. The summed E-state index contributed by atoms with van der Waals surface area (Å²) in [5.41, 5.74) is 3.45. The van der Waals surface area contributed by atoms with Gasteiger partial charge in [0.15, 0.2) is 0 Å². The highest BCUT2D eigenvalue weighted by Crippen LogP contribution is 2.28. The van der Waals surface area contributed by atoms with Crippen LogP contribution in [0.5, 0.6) is 0 Å². The molecule has 5 heteroatoms. The molecule has 3 N–H and O–H groups in total. The predicted molar refractivity (Wildman–Crippen MR) is 79.0 cm³/mol. The zero-order chi connectivity index (χ0) is 14.0. The fourth-order valence-corrected chi connectivity index (χ4v) is 3.66. The molecule has 1 aliphatic heterocycles. The number of carbonyl (C=O) groups excluding carboxylic acids is 1. The number of likely N-dealkylation sites (tertiary alicyclic amines) is 1. The molecule has 0 aromatic carbocycles. The minimum Gasteiger partial charge on any atom is -0.296 e. The van der Waals surface area contributed by atoms with Gasteiger partial charge >= 0.3 is 0 Å². The number of rotatable bonds is 3. The molecule has 4 nitrogen and oxygen atoms in total. The molecular formula is C14H23N3OS. The number of hydrogen-bond donors (Lipinski definition) is 2. The first kappa shape index (κ1) is 14.5. The second-order valence-corrected chi connectivity index (χ2v) is 6.75. The summed E-state index contributed by atoms with van der Waals surface area (Å²) in [5.74, 6) is 5.74. The molecule has 1 aliphatic rings. The predicted octanol–water partition coefficient (Wildman–Crippen LogP) is 2.28. The van der Waals surface area contributed by atoms with E-state index in [1.807, 2.05) is 6.07 Å². The Morgan fingerprint density at radius 1 is 1.58 bits per heavy atom. The third-order valence-electron chi connectivity index (χ3n) is 4.25. The molecule has 0 bridgehead atoms. The van der Waals surface area contributed by atoms with Crippen LogP contribution < -0.4 is 11.3 Å². The molecule has 0 radical (unpaired) electrons. The zero-order valence-electron chi connectivity index (χ0n) is 11.9. The van der Waals surface area contributed by atoms with Gasteiger partial charge in [-0.3, -0.25) is 15.1 Å². The van der Waals surface area contributed by atoms with Crippen LogP contribution in [0.2, 0.25) is 0 Å². The number of piperidine rings is 1. The van der Waals surface area contributed by atoms with Crippen LogP contribution in [0, 0.1) is 12.8 Å². The molecule has 1 fully saturated rings. The maximum atomic E-state index is 11.5. The summed E-state index contributed by atoms with van der Waals surface area (Å²) in [6, 6.07) is 2.59. The van der Waals surface area contributed by atoms with Gasteiger partial charge in [-0.15, -0.1) is 11.3 Å². The van der Waals surface area contributed by atoms with Gasteiger partial charge in [0.2, 0.25) is 0 Å².